The molecule has 11 heteroatoms. The minimum absolute atomic E-state index is 0. The van der Waals surface area contributed by atoms with Crippen molar-refractivity contribution >= 4 is 44.1 Å². The third-order valence-electron chi connectivity index (χ3n) is 8.46. The molecule has 0 saturated carbocycles. The fourth-order valence-corrected chi connectivity index (χ4v) is 6.08. The van der Waals surface area contributed by atoms with E-state index in [1.807, 2.05) is 133 Å². The van der Waals surface area contributed by atoms with E-state index < -0.39 is 0 Å². The number of fused-ring (bicyclic) bond motifs is 20. The van der Waals surface area contributed by atoms with E-state index in [9.17, 15) is 0 Å². The van der Waals surface area contributed by atoms with Gasteiger partial charge in [-0.3, -0.25) is 9.97 Å². The van der Waals surface area contributed by atoms with E-state index in [1.54, 1.807) is 24.8 Å². The molecule has 252 valence electrons. The number of rotatable bonds is 0. The van der Waals surface area contributed by atoms with Crippen LogP contribution < -0.4 is 9.97 Å². The Morgan fingerprint density at radius 3 is 0.774 bits per heavy atom. The molecule has 0 spiro atoms. The Labute approximate surface area is 313 Å². The largest absolute Gasteiger partial charge is 2.00 e. The summed E-state index contributed by atoms with van der Waals surface area (Å²) in [5.74, 6) is 2.21. The Hall–Kier alpha value is -6.94. The zero-order valence-electron chi connectivity index (χ0n) is 27.8. The summed E-state index contributed by atoms with van der Waals surface area (Å²) >= 11 is 0. The molecular formula is C42H26FeN10. The standard InChI is InChI=1S/C32H16N8.2C5H5N.Fe/c1-2-10-18-17(9-1)25-33-26(18)38-28-21-13-5-6-14-22(21)30(35-28)40-32-24-16-8-7-15-23(24)31(36-32)39-29-20-12-4-3-11-19(20)27(34-29)37-25;2*1-2-4-6-5-3-1;/h1-16H;2*1-5H;/q-2;;;+2. The normalized spacial score (nSPS) is 10.9. The van der Waals surface area contributed by atoms with Crippen molar-refractivity contribution in [3.63, 3.8) is 0 Å². The van der Waals surface area contributed by atoms with Crippen molar-refractivity contribution in [1.29, 1.82) is 0 Å². The third kappa shape index (κ3) is 6.54. The molecule has 2 aliphatic rings. The molecule has 53 heavy (non-hydrogen) atoms. The minimum Gasteiger partial charge on any atom is -0.357 e. The van der Waals surface area contributed by atoms with Gasteiger partial charge in [-0.2, -0.15) is 0 Å². The zero-order valence-corrected chi connectivity index (χ0v) is 28.9. The molecule has 0 aliphatic carbocycles. The van der Waals surface area contributed by atoms with Crippen LogP contribution in [0.4, 0.5) is 0 Å². The van der Waals surface area contributed by atoms with E-state index in [0.29, 0.717) is 45.9 Å². The first kappa shape index (κ1) is 33.2. The second kappa shape index (κ2) is 14.7. The second-order valence-electron chi connectivity index (χ2n) is 11.7. The Morgan fingerprint density at radius 2 is 0.547 bits per heavy atom. The summed E-state index contributed by atoms with van der Waals surface area (Å²) in [7, 11) is 0. The van der Waals surface area contributed by atoms with Crippen LogP contribution in [-0.2, 0) is 17.1 Å². The van der Waals surface area contributed by atoms with Crippen molar-refractivity contribution in [2.45, 2.75) is 0 Å². The quantitative estimate of drug-likeness (QED) is 0.141. The molecule has 4 aromatic carbocycles. The van der Waals surface area contributed by atoms with Crippen LogP contribution in [0.2, 0.25) is 0 Å². The summed E-state index contributed by atoms with van der Waals surface area (Å²) in [5.41, 5.74) is 5.78. The van der Waals surface area contributed by atoms with Gasteiger partial charge in [0.15, 0.2) is 0 Å². The van der Waals surface area contributed by atoms with Gasteiger partial charge in [-0.05, 0) is 45.8 Å². The van der Waals surface area contributed by atoms with Crippen molar-refractivity contribution in [2.75, 3.05) is 0 Å². The molecule has 2 aliphatic heterocycles. The molecule has 8 bridgehead atoms. The first-order chi connectivity index (χ1) is 25.8. The number of benzene rings is 4. The fraction of sp³-hybridized carbons (Fsp3) is 0. The average Bonchev–Trinajstić information content (AvgIpc) is 3.96. The molecule has 11 rings (SSSR count). The Kier molecular flexibility index (Phi) is 9.23. The molecule has 0 fully saturated rings. The van der Waals surface area contributed by atoms with Crippen LogP contribution in [0.1, 0.15) is 0 Å². The molecule has 0 radical (unpaired) electrons. The number of nitrogens with zero attached hydrogens (tertiary/aromatic N) is 10. The van der Waals surface area contributed by atoms with Crippen LogP contribution in [-0.4, -0.2) is 39.9 Å². The van der Waals surface area contributed by atoms with Gasteiger partial charge < -0.3 is 29.9 Å². The minimum atomic E-state index is 0. The number of pyridine rings is 2. The van der Waals surface area contributed by atoms with E-state index >= 15 is 0 Å². The summed E-state index contributed by atoms with van der Waals surface area (Å²) in [6.45, 7) is 0. The van der Waals surface area contributed by atoms with Crippen LogP contribution in [0.15, 0.2) is 158 Å². The predicted octanol–water partition coefficient (Wildman–Crippen LogP) is 8.29. The van der Waals surface area contributed by atoms with E-state index in [0.717, 1.165) is 43.8 Å². The van der Waals surface area contributed by atoms with Gasteiger partial charge in [0.25, 0.3) is 0 Å². The van der Waals surface area contributed by atoms with Gasteiger partial charge in [-0.15, -0.1) is 0 Å². The van der Waals surface area contributed by atoms with Gasteiger partial charge in [0, 0.05) is 69.6 Å². The van der Waals surface area contributed by atoms with Crippen molar-refractivity contribution in [3.05, 3.63) is 158 Å². The van der Waals surface area contributed by atoms with Crippen LogP contribution >= 0.6 is 0 Å². The van der Waals surface area contributed by atoms with Gasteiger partial charge in [-0.25, -0.2) is 9.97 Å². The SMILES string of the molecule is [Fe+2].c1ccc2c(c1)-c1nc-2nc2[n-]c(nc3nc(nc4[n-]c(n1)c1ccccc41)-c1ccccc1-3)c1ccccc21.c1ccncc1.c1ccncc1. The molecule has 7 heterocycles. The van der Waals surface area contributed by atoms with Gasteiger partial charge in [0.2, 0.25) is 0 Å². The van der Waals surface area contributed by atoms with Crippen LogP contribution in [0.5, 0.6) is 0 Å². The molecule has 0 N–H and O–H groups in total. The van der Waals surface area contributed by atoms with Crippen molar-refractivity contribution < 1.29 is 17.1 Å². The molecule has 5 aromatic heterocycles. The Bertz CT molecular complexity index is 2470. The van der Waals surface area contributed by atoms with Crippen LogP contribution in [0.3, 0.4) is 0 Å². The first-order valence-electron chi connectivity index (χ1n) is 16.6. The molecule has 10 nitrogen and oxygen atoms in total. The van der Waals surface area contributed by atoms with Crippen molar-refractivity contribution in [3.8, 4) is 45.6 Å². The van der Waals surface area contributed by atoms with Gasteiger partial charge in [-0.1, -0.05) is 109 Å². The fourth-order valence-electron chi connectivity index (χ4n) is 6.08. The van der Waals surface area contributed by atoms with Gasteiger partial charge in [0.1, 0.15) is 0 Å². The molecule has 0 amide bonds. The smallest absolute Gasteiger partial charge is 0.357 e. The average molecular weight is 727 g/mol. The molecule has 0 saturated heterocycles. The van der Waals surface area contributed by atoms with Gasteiger partial charge in [0.05, 0.1) is 23.3 Å². The van der Waals surface area contributed by atoms with Gasteiger partial charge >= 0.3 is 17.1 Å². The monoisotopic (exact) mass is 726 g/mol. The van der Waals surface area contributed by atoms with E-state index in [1.165, 1.54) is 0 Å². The summed E-state index contributed by atoms with van der Waals surface area (Å²) in [4.78, 5) is 46.8. The predicted molar refractivity (Wildman–Crippen MR) is 202 cm³/mol. The van der Waals surface area contributed by atoms with Crippen LogP contribution in [0.25, 0.3) is 89.7 Å². The summed E-state index contributed by atoms with van der Waals surface area (Å²) in [6.07, 6.45) is 7.00. The summed E-state index contributed by atoms with van der Waals surface area (Å²) in [5, 5.41) is 3.57. The maximum atomic E-state index is 4.95. The summed E-state index contributed by atoms with van der Waals surface area (Å²) in [6, 6.07) is 43.3. The second-order valence-corrected chi connectivity index (χ2v) is 11.7. The van der Waals surface area contributed by atoms with E-state index in [2.05, 4.69) is 9.97 Å². The number of hydrogen-bond donors (Lipinski definition) is 0. The topological polar surface area (TPSA) is 131 Å². The first-order valence-corrected chi connectivity index (χ1v) is 16.6. The maximum Gasteiger partial charge on any atom is 2.00 e. The molecule has 9 aromatic rings. The Balaban J connectivity index is 0.000000263. The molecular weight excluding hydrogens is 700 g/mol. The van der Waals surface area contributed by atoms with Crippen LogP contribution in [0, 0.1) is 0 Å². The van der Waals surface area contributed by atoms with Crippen molar-refractivity contribution in [2.24, 2.45) is 0 Å². The Morgan fingerprint density at radius 1 is 0.283 bits per heavy atom. The van der Waals surface area contributed by atoms with Crippen molar-refractivity contribution in [1.82, 2.24) is 49.8 Å². The summed E-state index contributed by atoms with van der Waals surface area (Å²) < 4.78 is 0. The maximum absolute atomic E-state index is 4.95. The zero-order chi connectivity index (χ0) is 34.7. The number of hydrogen-bond acceptors (Lipinski definition) is 8. The van der Waals surface area contributed by atoms with E-state index in [4.69, 9.17) is 39.9 Å². The molecule has 0 unspecified atom stereocenters. The number of aromatic nitrogens is 10. The third-order valence-corrected chi connectivity index (χ3v) is 8.46. The van der Waals surface area contributed by atoms with E-state index in [-0.39, 0.29) is 17.1 Å². The molecule has 0 atom stereocenters.